The summed E-state index contributed by atoms with van der Waals surface area (Å²) in [5.74, 6) is -4.16. The van der Waals surface area contributed by atoms with Gasteiger partial charge in [0.05, 0.1) is 18.4 Å². The Hall–Kier alpha value is -1.36. The van der Waals surface area contributed by atoms with Crippen LogP contribution < -0.4 is 4.72 Å². The molecule has 1 heterocycles. The molecule has 1 N–H and O–H groups in total. The van der Waals surface area contributed by atoms with Gasteiger partial charge in [0.25, 0.3) is 0 Å². The van der Waals surface area contributed by atoms with E-state index in [9.17, 15) is 31.2 Å². The first-order chi connectivity index (χ1) is 10.6. The van der Waals surface area contributed by atoms with E-state index in [2.05, 4.69) is 0 Å². The molecule has 0 spiro atoms. The topological polar surface area (TPSA) is 102 Å². The van der Waals surface area contributed by atoms with Crippen LogP contribution in [-0.4, -0.2) is 45.1 Å². The van der Waals surface area contributed by atoms with Crippen molar-refractivity contribution in [2.24, 2.45) is 11.8 Å². The predicted molar refractivity (Wildman–Crippen MR) is 69.3 cm³/mol. The molecule has 3 unspecified atom stereocenters. The van der Waals surface area contributed by atoms with E-state index in [-0.39, 0.29) is 25.6 Å². The van der Waals surface area contributed by atoms with Crippen molar-refractivity contribution in [3.8, 4) is 0 Å². The van der Waals surface area contributed by atoms with Crippen molar-refractivity contribution in [2.75, 3.05) is 13.2 Å². The maximum atomic E-state index is 12.3. The molecule has 2 rings (SSSR count). The number of amides is 1. The summed E-state index contributed by atoms with van der Waals surface area (Å²) in [6, 6.07) is 0. The van der Waals surface area contributed by atoms with Crippen LogP contribution in [0.1, 0.15) is 25.7 Å². The lowest BCUT2D eigenvalue weighted by Crippen LogP contribution is -2.46. The highest BCUT2D eigenvalue weighted by Crippen LogP contribution is 2.32. The maximum absolute atomic E-state index is 12.3. The third-order valence-electron chi connectivity index (χ3n) is 3.76. The van der Waals surface area contributed by atoms with Crippen molar-refractivity contribution >= 4 is 21.9 Å². The van der Waals surface area contributed by atoms with Crippen molar-refractivity contribution in [3.05, 3.63) is 0 Å². The van der Waals surface area contributed by atoms with E-state index in [4.69, 9.17) is 9.47 Å². The van der Waals surface area contributed by atoms with Gasteiger partial charge >= 0.3 is 21.5 Å². The molecule has 11 heteroatoms. The Balaban J connectivity index is 2.01. The van der Waals surface area contributed by atoms with Crippen molar-refractivity contribution < 1.29 is 40.7 Å². The smallest absolute Gasteiger partial charge is 0.463 e. The Kier molecular flexibility index (Phi) is 5.19. The van der Waals surface area contributed by atoms with E-state index in [1.54, 1.807) is 0 Å². The zero-order valence-corrected chi connectivity index (χ0v) is 12.8. The fourth-order valence-electron chi connectivity index (χ4n) is 2.44. The molecule has 0 bridgehead atoms. The molecule has 1 saturated heterocycles. The highest BCUT2D eigenvalue weighted by Gasteiger charge is 2.49. The molecular weight excluding hydrogens is 343 g/mol. The fourth-order valence-corrected chi connectivity index (χ4v) is 2.97. The lowest BCUT2D eigenvalue weighted by molar-refractivity contribution is -0.155. The summed E-state index contributed by atoms with van der Waals surface area (Å²) in [5.41, 5.74) is -5.59. The SMILES string of the molecule is O=C(NS(=O)(=O)C(F)(F)F)C1CCCCC1C(=O)OCC1CO1. The number of ether oxygens (including phenoxy) is 2. The van der Waals surface area contributed by atoms with Crippen LogP contribution in [0.5, 0.6) is 0 Å². The number of carbonyl (C=O) groups is 2. The van der Waals surface area contributed by atoms with Crippen LogP contribution in [0.15, 0.2) is 0 Å². The summed E-state index contributed by atoms with van der Waals surface area (Å²) >= 11 is 0. The van der Waals surface area contributed by atoms with Crippen LogP contribution >= 0.6 is 0 Å². The number of halogens is 3. The third kappa shape index (κ3) is 4.56. The van der Waals surface area contributed by atoms with Gasteiger partial charge in [-0.05, 0) is 12.8 Å². The molecule has 2 fully saturated rings. The quantitative estimate of drug-likeness (QED) is 0.573. The van der Waals surface area contributed by atoms with Crippen LogP contribution in [0.4, 0.5) is 13.2 Å². The van der Waals surface area contributed by atoms with Gasteiger partial charge in [0.2, 0.25) is 5.91 Å². The first kappa shape index (κ1) is 18.0. The lowest BCUT2D eigenvalue weighted by Gasteiger charge is -2.28. The number of nitrogens with one attached hydrogen (secondary N) is 1. The van der Waals surface area contributed by atoms with E-state index >= 15 is 0 Å². The minimum absolute atomic E-state index is 0.0184. The Morgan fingerprint density at radius 3 is 2.26 bits per heavy atom. The zero-order chi connectivity index (χ0) is 17.3. The zero-order valence-electron chi connectivity index (χ0n) is 12.0. The van der Waals surface area contributed by atoms with Gasteiger partial charge in [-0.15, -0.1) is 0 Å². The molecule has 23 heavy (non-hydrogen) atoms. The largest absolute Gasteiger partial charge is 0.516 e. The molecule has 1 amide bonds. The van der Waals surface area contributed by atoms with Crippen molar-refractivity contribution in [3.63, 3.8) is 0 Å². The highest BCUT2D eigenvalue weighted by molar-refractivity contribution is 7.90. The molecule has 1 aliphatic heterocycles. The molecule has 0 radical (unpaired) electrons. The summed E-state index contributed by atoms with van der Waals surface area (Å²) in [7, 11) is -5.78. The van der Waals surface area contributed by atoms with Gasteiger partial charge in [0.1, 0.15) is 12.7 Å². The van der Waals surface area contributed by atoms with Gasteiger partial charge in [-0.1, -0.05) is 12.8 Å². The van der Waals surface area contributed by atoms with E-state index in [0.717, 1.165) is 4.72 Å². The van der Waals surface area contributed by atoms with E-state index < -0.39 is 39.2 Å². The molecule has 7 nitrogen and oxygen atoms in total. The number of hydrogen-bond acceptors (Lipinski definition) is 6. The number of epoxide rings is 1. The first-order valence-corrected chi connectivity index (χ1v) is 8.51. The van der Waals surface area contributed by atoms with Crippen molar-refractivity contribution in [1.82, 2.24) is 4.72 Å². The normalized spacial score (nSPS) is 28.0. The maximum Gasteiger partial charge on any atom is 0.516 e. The first-order valence-electron chi connectivity index (χ1n) is 7.03. The van der Waals surface area contributed by atoms with Gasteiger partial charge in [-0.2, -0.15) is 21.6 Å². The number of hydrogen-bond donors (Lipinski definition) is 1. The minimum atomic E-state index is -5.78. The number of alkyl halides is 3. The van der Waals surface area contributed by atoms with Crippen LogP contribution in [0, 0.1) is 11.8 Å². The van der Waals surface area contributed by atoms with E-state index in [1.807, 2.05) is 0 Å². The summed E-state index contributed by atoms with van der Waals surface area (Å²) in [5, 5.41) is 0. The molecule has 3 atom stereocenters. The van der Waals surface area contributed by atoms with Crippen LogP contribution in [0.3, 0.4) is 0 Å². The van der Waals surface area contributed by atoms with Gasteiger partial charge in [0.15, 0.2) is 0 Å². The number of sulfonamides is 1. The second-order valence-electron chi connectivity index (χ2n) is 5.50. The van der Waals surface area contributed by atoms with Crippen LogP contribution in [-0.2, 0) is 29.1 Å². The molecule has 1 saturated carbocycles. The Labute approximate surface area is 130 Å². The van der Waals surface area contributed by atoms with Crippen LogP contribution in [0.2, 0.25) is 0 Å². The van der Waals surface area contributed by atoms with Gasteiger partial charge < -0.3 is 9.47 Å². The molecular formula is C12H16F3NO6S. The minimum Gasteiger partial charge on any atom is -0.463 e. The number of carbonyl (C=O) groups excluding carboxylic acids is 2. The summed E-state index contributed by atoms with van der Waals surface area (Å²) in [6.07, 6.45) is 1.32. The van der Waals surface area contributed by atoms with E-state index in [0.29, 0.717) is 19.4 Å². The molecule has 0 aromatic rings. The Morgan fingerprint density at radius 2 is 1.74 bits per heavy atom. The molecule has 0 aromatic heterocycles. The monoisotopic (exact) mass is 359 g/mol. The number of esters is 1. The summed E-state index contributed by atoms with van der Waals surface area (Å²) in [6.45, 7) is 0.482. The Morgan fingerprint density at radius 1 is 1.17 bits per heavy atom. The standard InChI is InChI=1S/C12H16F3NO6S/c13-12(14,15)23(19,20)16-10(17)8-3-1-2-4-9(8)11(18)22-6-7-5-21-7/h7-9H,1-6H2,(H,16,17). The van der Waals surface area contributed by atoms with Crippen molar-refractivity contribution in [1.29, 1.82) is 0 Å². The Bertz CT molecular complexity index is 572. The third-order valence-corrected chi connectivity index (χ3v) is 4.84. The molecule has 1 aliphatic carbocycles. The lowest BCUT2D eigenvalue weighted by atomic mass is 9.79. The van der Waals surface area contributed by atoms with Gasteiger partial charge in [-0.25, -0.2) is 4.72 Å². The average Bonchev–Trinajstić information content (AvgIpc) is 3.27. The molecule has 0 aromatic carbocycles. The van der Waals surface area contributed by atoms with Gasteiger partial charge in [0, 0.05) is 0 Å². The second kappa shape index (κ2) is 6.63. The molecule has 132 valence electrons. The fraction of sp³-hybridized carbons (Fsp3) is 0.833. The summed E-state index contributed by atoms with van der Waals surface area (Å²) < 4.78 is 69.8. The summed E-state index contributed by atoms with van der Waals surface area (Å²) in [4.78, 5) is 23.9. The van der Waals surface area contributed by atoms with Gasteiger partial charge in [-0.3, -0.25) is 9.59 Å². The van der Waals surface area contributed by atoms with Crippen molar-refractivity contribution in [2.45, 2.75) is 37.3 Å². The molecule has 2 aliphatic rings. The predicted octanol–water partition coefficient (Wildman–Crippen LogP) is 0.701. The number of rotatable bonds is 5. The van der Waals surface area contributed by atoms with E-state index in [1.165, 1.54) is 0 Å². The second-order valence-corrected chi connectivity index (χ2v) is 7.17. The average molecular weight is 359 g/mol. The van der Waals surface area contributed by atoms with Crippen LogP contribution in [0.25, 0.3) is 0 Å². The highest BCUT2D eigenvalue weighted by atomic mass is 32.2.